The number of para-hydroxylation sites is 1. The summed E-state index contributed by atoms with van der Waals surface area (Å²) in [6.07, 6.45) is -0.524. The summed E-state index contributed by atoms with van der Waals surface area (Å²) in [6.45, 7) is 1.68. The molecule has 7 heteroatoms. The maximum absolute atomic E-state index is 12.2. The number of rotatable bonds is 4. The minimum Gasteiger partial charge on any atom is -0.493 e. The van der Waals surface area contributed by atoms with E-state index in [9.17, 15) is 9.59 Å². The van der Waals surface area contributed by atoms with Crippen molar-refractivity contribution in [1.29, 1.82) is 0 Å². The van der Waals surface area contributed by atoms with E-state index in [1.807, 2.05) is 0 Å². The Bertz CT molecular complexity index is 836. The average Bonchev–Trinajstić information content (AvgIpc) is 2.62. The zero-order valence-electron chi connectivity index (χ0n) is 13.7. The molecule has 1 atom stereocenters. The van der Waals surface area contributed by atoms with E-state index in [0.717, 1.165) is 0 Å². The summed E-state index contributed by atoms with van der Waals surface area (Å²) in [7, 11) is 1.44. The summed E-state index contributed by atoms with van der Waals surface area (Å²) in [5.74, 6) is 0.226. The van der Waals surface area contributed by atoms with Crippen LogP contribution in [0.5, 0.6) is 17.2 Å². The normalized spacial score (nSPS) is 15.6. The van der Waals surface area contributed by atoms with Gasteiger partial charge in [-0.3, -0.25) is 9.59 Å². The first-order chi connectivity index (χ1) is 12.0. The van der Waals surface area contributed by atoms with Crippen LogP contribution in [0, 0.1) is 0 Å². The van der Waals surface area contributed by atoms with Crippen molar-refractivity contribution in [3.8, 4) is 17.2 Å². The third-order valence-electron chi connectivity index (χ3n) is 3.70. The van der Waals surface area contributed by atoms with Crippen LogP contribution in [0.2, 0.25) is 5.02 Å². The third kappa shape index (κ3) is 3.39. The van der Waals surface area contributed by atoms with E-state index in [1.54, 1.807) is 43.3 Å². The van der Waals surface area contributed by atoms with Gasteiger partial charge in [0.25, 0.3) is 5.91 Å². The number of carbonyl (C=O) groups excluding carboxylic acids is 2. The number of benzene rings is 2. The molecular weight excluding hydrogens is 346 g/mol. The minimum atomic E-state index is -0.732. The first kappa shape index (κ1) is 17.1. The fraction of sp³-hybridized carbons (Fsp3) is 0.222. The number of halogens is 1. The van der Waals surface area contributed by atoms with Gasteiger partial charge in [-0.2, -0.15) is 0 Å². The lowest BCUT2D eigenvalue weighted by atomic mass is 10.1. The van der Waals surface area contributed by atoms with Crippen LogP contribution in [0.25, 0.3) is 0 Å². The molecule has 0 bridgehead atoms. The van der Waals surface area contributed by atoms with Crippen molar-refractivity contribution in [2.45, 2.75) is 19.6 Å². The van der Waals surface area contributed by atoms with Crippen molar-refractivity contribution in [3.63, 3.8) is 0 Å². The molecule has 0 aromatic heterocycles. The Balaban J connectivity index is 1.95. The van der Waals surface area contributed by atoms with Crippen LogP contribution in [0.1, 0.15) is 35.5 Å². The molecule has 1 amide bonds. The summed E-state index contributed by atoms with van der Waals surface area (Å²) in [5, 5.41) is 2.94. The van der Waals surface area contributed by atoms with Gasteiger partial charge in [0.15, 0.2) is 17.7 Å². The summed E-state index contributed by atoms with van der Waals surface area (Å²) >= 11 is 6.24. The molecule has 130 valence electrons. The highest BCUT2D eigenvalue weighted by atomic mass is 35.5. The monoisotopic (exact) mass is 361 g/mol. The highest BCUT2D eigenvalue weighted by Crippen LogP contribution is 2.39. The Morgan fingerprint density at radius 3 is 2.80 bits per heavy atom. The Kier molecular flexibility index (Phi) is 4.81. The second kappa shape index (κ2) is 7.03. The van der Waals surface area contributed by atoms with Crippen LogP contribution >= 0.6 is 11.6 Å². The van der Waals surface area contributed by atoms with Crippen LogP contribution in [-0.2, 0) is 4.79 Å². The van der Waals surface area contributed by atoms with Crippen molar-refractivity contribution in [2.24, 2.45) is 0 Å². The van der Waals surface area contributed by atoms with E-state index in [1.165, 1.54) is 7.11 Å². The Morgan fingerprint density at radius 2 is 2.08 bits per heavy atom. The van der Waals surface area contributed by atoms with E-state index >= 15 is 0 Å². The van der Waals surface area contributed by atoms with Crippen LogP contribution in [0.15, 0.2) is 36.4 Å². The lowest BCUT2D eigenvalue weighted by molar-refractivity contribution is -0.134. The third-order valence-corrected chi connectivity index (χ3v) is 3.98. The Labute approximate surface area is 149 Å². The van der Waals surface area contributed by atoms with Gasteiger partial charge < -0.3 is 19.5 Å². The second-order valence-corrected chi connectivity index (χ2v) is 5.74. The van der Waals surface area contributed by atoms with Crippen molar-refractivity contribution < 1.29 is 23.8 Å². The predicted molar refractivity (Wildman–Crippen MR) is 91.2 cm³/mol. The molecule has 0 radical (unpaired) electrons. The summed E-state index contributed by atoms with van der Waals surface area (Å²) < 4.78 is 16.3. The molecule has 0 aliphatic carbocycles. The molecule has 2 aromatic carbocycles. The van der Waals surface area contributed by atoms with E-state index in [0.29, 0.717) is 16.9 Å². The van der Waals surface area contributed by atoms with Gasteiger partial charge in [-0.05, 0) is 24.3 Å². The zero-order valence-corrected chi connectivity index (χ0v) is 14.4. The fourth-order valence-corrected chi connectivity index (χ4v) is 2.70. The first-order valence-electron chi connectivity index (χ1n) is 7.68. The minimum absolute atomic E-state index is 0.141. The van der Waals surface area contributed by atoms with E-state index in [2.05, 4.69) is 5.32 Å². The predicted octanol–water partition coefficient (Wildman–Crippen LogP) is 3.49. The zero-order chi connectivity index (χ0) is 18.0. The molecule has 6 nitrogen and oxygen atoms in total. The largest absolute Gasteiger partial charge is 0.493 e. The molecular formula is C18H16ClNO5. The summed E-state index contributed by atoms with van der Waals surface area (Å²) in [5.41, 5.74) is 1.03. The van der Waals surface area contributed by atoms with Gasteiger partial charge in [-0.25, -0.2) is 0 Å². The SMILES string of the molecule is CCC(=O)Oc1c(Cl)cc([C@H]2NC(=O)c3ccccc3O2)cc1OC. The van der Waals surface area contributed by atoms with Crippen molar-refractivity contribution in [3.05, 3.63) is 52.5 Å². The highest BCUT2D eigenvalue weighted by molar-refractivity contribution is 6.32. The smallest absolute Gasteiger partial charge is 0.311 e. The van der Waals surface area contributed by atoms with Gasteiger partial charge in [0.05, 0.1) is 17.7 Å². The van der Waals surface area contributed by atoms with Gasteiger partial charge in [0, 0.05) is 12.0 Å². The quantitative estimate of drug-likeness (QED) is 0.666. The number of carbonyl (C=O) groups is 2. The molecule has 0 spiro atoms. The van der Waals surface area contributed by atoms with Gasteiger partial charge in [-0.15, -0.1) is 0 Å². The number of amides is 1. The molecule has 2 aromatic rings. The number of hydrogen-bond donors (Lipinski definition) is 1. The van der Waals surface area contributed by atoms with Crippen molar-refractivity contribution in [1.82, 2.24) is 5.32 Å². The lowest BCUT2D eigenvalue weighted by Gasteiger charge is -2.27. The first-order valence-corrected chi connectivity index (χ1v) is 8.06. The maximum atomic E-state index is 12.2. The maximum Gasteiger partial charge on any atom is 0.311 e. The van der Waals surface area contributed by atoms with Gasteiger partial charge in [0.1, 0.15) is 5.75 Å². The Hall–Kier alpha value is -2.73. The molecule has 25 heavy (non-hydrogen) atoms. The van der Waals surface area contributed by atoms with Crippen LogP contribution in [0.3, 0.4) is 0 Å². The molecule has 1 aliphatic heterocycles. The topological polar surface area (TPSA) is 73.9 Å². The lowest BCUT2D eigenvalue weighted by Crippen LogP contribution is -2.36. The van der Waals surface area contributed by atoms with Gasteiger partial charge >= 0.3 is 5.97 Å². The molecule has 3 rings (SSSR count). The number of nitrogens with one attached hydrogen (secondary N) is 1. The summed E-state index contributed by atoms with van der Waals surface area (Å²) in [4.78, 5) is 23.8. The molecule has 1 aliphatic rings. The van der Waals surface area contributed by atoms with Gasteiger partial charge in [-0.1, -0.05) is 30.7 Å². The van der Waals surface area contributed by atoms with Gasteiger partial charge in [0.2, 0.25) is 0 Å². The Morgan fingerprint density at radius 1 is 1.32 bits per heavy atom. The van der Waals surface area contributed by atoms with Crippen molar-refractivity contribution in [2.75, 3.05) is 7.11 Å². The summed E-state index contributed by atoms with van der Waals surface area (Å²) in [6, 6.07) is 10.1. The second-order valence-electron chi connectivity index (χ2n) is 5.33. The van der Waals surface area contributed by atoms with Crippen LogP contribution < -0.4 is 19.5 Å². The number of ether oxygens (including phenoxy) is 3. The van der Waals surface area contributed by atoms with E-state index < -0.39 is 12.2 Å². The number of fused-ring (bicyclic) bond motifs is 1. The van der Waals surface area contributed by atoms with Crippen molar-refractivity contribution >= 4 is 23.5 Å². The number of methoxy groups -OCH3 is 1. The average molecular weight is 362 g/mol. The molecule has 1 heterocycles. The van der Waals surface area contributed by atoms with E-state index in [-0.39, 0.29) is 28.8 Å². The van der Waals surface area contributed by atoms with Crippen LogP contribution in [0.4, 0.5) is 0 Å². The molecule has 1 N–H and O–H groups in total. The number of hydrogen-bond acceptors (Lipinski definition) is 5. The highest BCUT2D eigenvalue weighted by Gasteiger charge is 2.28. The number of esters is 1. The van der Waals surface area contributed by atoms with E-state index in [4.69, 9.17) is 25.8 Å². The molecule has 0 fully saturated rings. The standard InChI is InChI=1S/C18H16ClNO5/c1-3-15(21)25-16-12(19)8-10(9-14(16)23-2)18-20-17(22)11-6-4-5-7-13(11)24-18/h4-9,18H,3H2,1-2H3,(H,20,22)/t18-/m0/s1. The fourth-order valence-electron chi connectivity index (χ4n) is 2.44. The molecule has 0 saturated carbocycles. The van der Waals surface area contributed by atoms with Crippen LogP contribution in [-0.4, -0.2) is 19.0 Å². The molecule has 0 saturated heterocycles. The molecule has 0 unspecified atom stereocenters.